The molecule has 1 heterocycles. The van der Waals surface area contributed by atoms with Crippen molar-refractivity contribution in [2.24, 2.45) is 0 Å². The summed E-state index contributed by atoms with van der Waals surface area (Å²) in [5, 5.41) is 3.69. The number of anilines is 1. The zero-order valence-corrected chi connectivity index (χ0v) is 11.3. The lowest BCUT2D eigenvalue weighted by Crippen LogP contribution is -2.06. The largest absolute Gasteiger partial charge is 0.370 e. The third kappa shape index (κ3) is 3.44. The fourth-order valence-corrected chi connectivity index (χ4v) is 1.87. The van der Waals surface area contributed by atoms with Crippen LogP contribution in [0.4, 0.5) is 5.82 Å². The van der Waals surface area contributed by atoms with E-state index in [1.807, 2.05) is 0 Å². The molecule has 18 heavy (non-hydrogen) atoms. The summed E-state index contributed by atoms with van der Waals surface area (Å²) in [6.07, 6.45) is 2.42. The second kappa shape index (κ2) is 5.83. The maximum absolute atomic E-state index is 5.79. The molecule has 0 atom stereocenters. The number of aryl methyl sites for hydroxylation is 2. The minimum Gasteiger partial charge on any atom is -0.370 e. The zero-order valence-electron chi connectivity index (χ0n) is 10.6. The highest BCUT2D eigenvalue weighted by Crippen LogP contribution is 2.11. The molecular formula is C14H16ClN3. The molecular weight excluding hydrogens is 246 g/mol. The summed E-state index contributed by atoms with van der Waals surface area (Å²) in [6, 6.07) is 8.27. The summed E-state index contributed by atoms with van der Waals surface area (Å²) >= 11 is 5.79. The van der Waals surface area contributed by atoms with E-state index in [2.05, 4.69) is 47.3 Å². The van der Waals surface area contributed by atoms with Crippen LogP contribution >= 0.6 is 11.6 Å². The molecule has 0 saturated heterocycles. The Kier molecular flexibility index (Phi) is 4.15. The van der Waals surface area contributed by atoms with Crippen molar-refractivity contribution in [1.82, 2.24) is 9.97 Å². The summed E-state index contributed by atoms with van der Waals surface area (Å²) in [5.74, 6) is 0.763. The van der Waals surface area contributed by atoms with Gasteiger partial charge < -0.3 is 5.32 Å². The van der Waals surface area contributed by atoms with Crippen molar-refractivity contribution in [3.8, 4) is 0 Å². The van der Waals surface area contributed by atoms with Crippen molar-refractivity contribution < 1.29 is 0 Å². The van der Waals surface area contributed by atoms with Gasteiger partial charge in [0.25, 0.3) is 0 Å². The van der Waals surface area contributed by atoms with E-state index in [9.17, 15) is 0 Å². The van der Waals surface area contributed by atoms with Gasteiger partial charge in [0.2, 0.25) is 0 Å². The molecule has 0 radical (unpaired) electrons. The van der Waals surface area contributed by atoms with Crippen LogP contribution < -0.4 is 5.32 Å². The minimum absolute atomic E-state index is 0.457. The molecule has 0 aliphatic heterocycles. The topological polar surface area (TPSA) is 37.8 Å². The predicted molar refractivity (Wildman–Crippen MR) is 75.2 cm³/mol. The van der Waals surface area contributed by atoms with E-state index in [0.29, 0.717) is 5.15 Å². The Balaban J connectivity index is 1.90. The molecule has 2 aromatic rings. The summed E-state index contributed by atoms with van der Waals surface area (Å²) in [4.78, 5) is 7.94. The third-order valence-corrected chi connectivity index (χ3v) is 3.13. The lowest BCUT2D eigenvalue weighted by molar-refractivity contribution is 0.995. The third-order valence-electron chi connectivity index (χ3n) is 2.92. The van der Waals surface area contributed by atoms with Crippen molar-refractivity contribution in [2.75, 3.05) is 11.9 Å². The molecule has 0 unspecified atom stereocenters. The number of hydrogen-bond donors (Lipinski definition) is 1. The summed E-state index contributed by atoms with van der Waals surface area (Å²) in [5.41, 5.74) is 3.98. The van der Waals surface area contributed by atoms with E-state index < -0.39 is 0 Å². The Labute approximate surface area is 112 Å². The number of benzene rings is 1. The van der Waals surface area contributed by atoms with Gasteiger partial charge in [-0.25, -0.2) is 9.97 Å². The number of nitrogens with one attached hydrogen (secondary N) is 1. The Bertz CT molecular complexity index is 540. The first-order chi connectivity index (χ1) is 8.65. The van der Waals surface area contributed by atoms with E-state index in [4.69, 9.17) is 11.6 Å². The Morgan fingerprint density at radius 1 is 1.11 bits per heavy atom. The maximum atomic E-state index is 5.79. The van der Waals surface area contributed by atoms with Crippen LogP contribution in [0.15, 0.2) is 30.6 Å². The summed E-state index contributed by atoms with van der Waals surface area (Å²) in [6.45, 7) is 5.09. The van der Waals surface area contributed by atoms with Crippen LogP contribution in [0.3, 0.4) is 0 Å². The van der Waals surface area contributed by atoms with Gasteiger partial charge in [0.1, 0.15) is 17.3 Å². The molecule has 0 aliphatic rings. The molecule has 3 nitrogen and oxygen atoms in total. The molecule has 1 aromatic carbocycles. The molecule has 0 amide bonds. The highest BCUT2D eigenvalue weighted by Gasteiger charge is 1.98. The second-order valence-electron chi connectivity index (χ2n) is 4.32. The smallest absolute Gasteiger partial charge is 0.134 e. The van der Waals surface area contributed by atoms with E-state index in [0.717, 1.165) is 18.8 Å². The lowest BCUT2D eigenvalue weighted by atomic mass is 10.0. The van der Waals surface area contributed by atoms with Gasteiger partial charge in [0, 0.05) is 12.6 Å². The van der Waals surface area contributed by atoms with Gasteiger partial charge in [-0.15, -0.1) is 0 Å². The molecule has 2 rings (SSSR count). The number of rotatable bonds is 4. The van der Waals surface area contributed by atoms with Gasteiger partial charge in [-0.2, -0.15) is 0 Å². The van der Waals surface area contributed by atoms with Crippen LogP contribution in [-0.2, 0) is 6.42 Å². The van der Waals surface area contributed by atoms with Gasteiger partial charge in [0.15, 0.2) is 0 Å². The molecule has 94 valence electrons. The van der Waals surface area contributed by atoms with Gasteiger partial charge in [-0.05, 0) is 37.0 Å². The van der Waals surface area contributed by atoms with Gasteiger partial charge in [0.05, 0.1) is 0 Å². The van der Waals surface area contributed by atoms with Crippen LogP contribution in [0.25, 0.3) is 0 Å². The van der Waals surface area contributed by atoms with Crippen LogP contribution in [0.1, 0.15) is 16.7 Å². The van der Waals surface area contributed by atoms with Crippen LogP contribution in [0.2, 0.25) is 5.15 Å². The van der Waals surface area contributed by atoms with Crippen LogP contribution in [0.5, 0.6) is 0 Å². The summed E-state index contributed by atoms with van der Waals surface area (Å²) < 4.78 is 0. The van der Waals surface area contributed by atoms with Gasteiger partial charge in [-0.3, -0.25) is 0 Å². The number of nitrogens with zero attached hydrogens (tertiary/aromatic N) is 2. The average molecular weight is 262 g/mol. The fraction of sp³-hybridized carbons (Fsp3) is 0.286. The van der Waals surface area contributed by atoms with Crippen molar-refractivity contribution in [1.29, 1.82) is 0 Å². The maximum Gasteiger partial charge on any atom is 0.134 e. The minimum atomic E-state index is 0.457. The zero-order chi connectivity index (χ0) is 13.0. The Morgan fingerprint density at radius 3 is 2.67 bits per heavy atom. The average Bonchev–Trinajstić information content (AvgIpc) is 2.34. The fourth-order valence-electron chi connectivity index (χ4n) is 1.72. The molecule has 1 N–H and O–H groups in total. The quantitative estimate of drug-likeness (QED) is 0.858. The molecule has 0 aliphatic carbocycles. The first kappa shape index (κ1) is 12.8. The Morgan fingerprint density at radius 2 is 1.94 bits per heavy atom. The van der Waals surface area contributed by atoms with E-state index in [-0.39, 0.29) is 0 Å². The number of halogens is 1. The SMILES string of the molecule is Cc1ccc(CCNc2cc(Cl)ncn2)cc1C. The van der Waals surface area contributed by atoms with Crippen molar-refractivity contribution in [3.05, 3.63) is 52.4 Å². The second-order valence-corrected chi connectivity index (χ2v) is 4.71. The normalized spacial score (nSPS) is 10.4. The number of aromatic nitrogens is 2. The molecule has 0 saturated carbocycles. The first-order valence-electron chi connectivity index (χ1n) is 5.93. The van der Waals surface area contributed by atoms with Gasteiger partial charge in [-0.1, -0.05) is 29.8 Å². The highest BCUT2D eigenvalue weighted by molar-refractivity contribution is 6.29. The number of hydrogen-bond acceptors (Lipinski definition) is 3. The first-order valence-corrected chi connectivity index (χ1v) is 6.30. The highest BCUT2D eigenvalue weighted by atomic mass is 35.5. The monoisotopic (exact) mass is 261 g/mol. The van der Waals surface area contributed by atoms with Crippen molar-refractivity contribution in [3.63, 3.8) is 0 Å². The standard InChI is InChI=1S/C14H16ClN3/c1-10-3-4-12(7-11(10)2)5-6-16-14-8-13(15)17-9-18-14/h3-4,7-9H,5-6H2,1-2H3,(H,16,17,18). The summed E-state index contributed by atoms with van der Waals surface area (Å²) in [7, 11) is 0. The molecule has 0 fully saturated rings. The van der Waals surface area contributed by atoms with Crippen LogP contribution in [-0.4, -0.2) is 16.5 Å². The van der Waals surface area contributed by atoms with E-state index in [1.54, 1.807) is 6.07 Å². The van der Waals surface area contributed by atoms with E-state index in [1.165, 1.54) is 23.0 Å². The van der Waals surface area contributed by atoms with Crippen molar-refractivity contribution >= 4 is 17.4 Å². The molecule has 0 bridgehead atoms. The van der Waals surface area contributed by atoms with E-state index >= 15 is 0 Å². The van der Waals surface area contributed by atoms with Crippen molar-refractivity contribution in [2.45, 2.75) is 20.3 Å². The van der Waals surface area contributed by atoms with Crippen LogP contribution in [0, 0.1) is 13.8 Å². The predicted octanol–water partition coefficient (Wildman–Crippen LogP) is 3.40. The Hall–Kier alpha value is -1.61. The molecule has 4 heteroatoms. The lowest BCUT2D eigenvalue weighted by Gasteiger charge is -2.07. The molecule has 0 spiro atoms. The van der Waals surface area contributed by atoms with Gasteiger partial charge >= 0.3 is 0 Å². The molecule has 1 aromatic heterocycles.